The molecular weight excluding hydrogens is 370 g/mol. The zero-order valence-corrected chi connectivity index (χ0v) is 16.7. The fourth-order valence-corrected chi connectivity index (χ4v) is 4.22. The molecule has 144 valence electrons. The van der Waals surface area contributed by atoms with E-state index in [1.54, 1.807) is 11.8 Å². The highest BCUT2D eigenvalue weighted by Gasteiger charge is 2.23. The number of hydrogen-bond donors (Lipinski definition) is 1. The molecule has 1 aliphatic heterocycles. The standard InChI is InChI=1S/C22H23N3O2S/c1-2-27-19-8-9-20-17(13-19)12-18-15-25(10-11-26)22(28-21(18)24-20)23-14-16-6-4-3-5-7-16/h3-9,12-13,26H,2,10-11,14-15H2,1H3. The van der Waals surface area contributed by atoms with Crippen LogP contribution in [0.4, 0.5) is 0 Å². The van der Waals surface area contributed by atoms with Gasteiger partial charge in [-0.15, -0.1) is 0 Å². The maximum absolute atomic E-state index is 9.50. The number of aliphatic imine (C=N–C) groups is 1. The van der Waals surface area contributed by atoms with E-state index in [9.17, 15) is 5.11 Å². The molecule has 0 saturated heterocycles. The summed E-state index contributed by atoms with van der Waals surface area (Å²) < 4.78 is 5.61. The van der Waals surface area contributed by atoms with E-state index in [1.165, 1.54) is 5.56 Å². The molecule has 0 amide bonds. The van der Waals surface area contributed by atoms with Gasteiger partial charge >= 0.3 is 0 Å². The third-order valence-electron chi connectivity index (χ3n) is 4.57. The SMILES string of the molecule is CCOc1ccc2nc3c(cc2c1)CN(CCO)C(=NCc1ccccc1)S3. The van der Waals surface area contributed by atoms with Crippen LogP contribution in [0.5, 0.6) is 5.75 Å². The van der Waals surface area contributed by atoms with Crippen LogP contribution in [0.3, 0.4) is 0 Å². The van der Waals surface area contributed by atoms with E-state index >= 15 is 0 Å². The van der Waals surface area contributed by atoms with E-state index in [0.717, 1.165) is 32.4 Å². The van der Waals surface area contributed by atoms with Crippen LogP contribution in [0.15, 0.2) is 64.6 Å². The number of nitrogens with zero attached hydrogens (tertiary/aromatic N) is 3. The molecule has 5 nitrogen and oxygen atoms in total. The number of benzene rings is 2. The average Bonchev–Trinajstić information content (AvgIpc) is 2.72. The van der Waals surface area contributed by atoms with Gasteiger partial charge in [0.1, 0.15) is 10.8 Å². The van der Waals surface area contributed by atoms with Gasteiger partial charge in [-0.25, -0.2) is 4.98 Å². The van der Waals surface area contributed by atoms with Crippen LogP contribution in [0.25, 0.3) is 10.9 Å². The summed E-state index contributed by atoms with van der Waals surface area (Å²) in [7, 11) is 0. The van der Waals surface area contributed by atoms with Crippen LogP contribution in [0.2, 0.25) is 0 Å². The first-order valence-corrected chi connectivity index (χ1v) is 10.3. The van der Waals surface area contributed by atoms with Crippen LogP contribution in [0, 0.1) is 0 Å². The zero-order chi connectivity index (χ0) is 19.3. The lowest BCUT2D eigenvalue weighted by atomic mass is 10.1. The van der Waals surface area contributed by atoms with Crippen molar-refractivity contribution in [3.63, 3.8) is 0 Å². The molecule has 0 aliphatic carbocycles. The van der Waals surface area contributed by atoms with Gasteiger partial charge in [0.2, 0.25) is 0 Å². The van der Waals surface area contributed by atoms with E-state index in [2.05, 4.69) is 23.1 Å². The zero-order valence-electron chi connectivity index (χ0n) is 15.8. The molecule has 2 heterocycles. The number of aliphatic hydroxyl groups excluding tert-OH is 1. The molecule has 1 N–H and O–H groups in total. The van der Waals surface area contributed by atoms with Crippen LogP contribution in [-0.2, 0) is 13.1 Å². The highest BCUT2D eigenvalue weighted by Crippen LogP contribution is 2.34. The van der Waals surface area contributed by atoms with Crippen molar-refractivity contribution in [2.45, 2.75) is 25.0 Å². The Balaban J connectivity index is 1.65. The van der Waals surface area contributed by atoms with Gasteiger partial charge in [0.25, 0.3) is 0 Å². The molecule has 6 heteroatoms. The number of β-amino-alcohol motifs (C(OH)–C–C–N with tert-alkyl or cyclic N) is 1. The molecule has 28 heavy (non-hydrogen) atoms. The molecule has 0 radical (unpaired) electrons. The van der Waals surface area contributed by atoms with Crippen molar-refractivity contribution in [3.05, 3.63) is 65.7 Å². The highest BCUT2D eigenvalue weighted by molar-refractivity contribution is 8.13. The Morgan fingerprint density at radius 1 is 1.18 bits per heavy atom. The van der Waals surface area contributed by atoms with Crippen molar-refractivity contribution in [3.8, 4) is 5.75 Å². The second-order valence-corrected chi connectivity index (χ2v) is 7.53. The number of amidine groups is 1. The summed E-state index contributed by atoms with van der Waals surface area (Å²) in [6.45, 7) is 4.58. The molecule has 3 aromatic rings. The summed E-state index contributed by atoms with van der Waals surface area (Å²) >= 11 is 1.58. The lowest BCUT2D eigenvalue weighted by molar-refractivity contribution is 0.247. The third kappa shape index (κ3) is 4.13. The van der Waals surface area contributed by atoms with Gasteiger partial charge in [-0.2, -0.15) is 0 Å². The Morgan fingerprint density at radius 2 is 2.04 bits per heavy atom. The minimum Gasteiger partial charge on any atom is -0.494 e. The quantitative estimate of drug-likeness (QED) is 0.684. The van der Waals surface area contributed by atoms with Crippen LogP contribution in [-0.4, -0.2) is 39.9 Å². The molecule has 2 aromatic carbocycles. The molecule has 1 aromatic heterocycles. The van der Waals surface area contributed by atoms with Gasteiger partial charge < -0.3 is 14.7 Å². The fraction of sp³-hybridized carbons (Fsp3) is 0.273. The maximum Gasteiger partial charge on any atom is 0.166 e. The third-order valence-corrected chi connectivity index (χ3v) is 5.68. The Labute approximate surface area is 169 Å². The monoisotopic (exact) mass is 393 g/mol. The predicted molar refractivity (Wildman–Crippen MR) is 114 cm³/mol. The number of thioether (sulfide) groups is 1. The van der Waals surface area contributed by atoms with Crippen molar-refractivity contribution < 1.29 is 9.84 Å². The van der Waals surface area contributed by atoms with Crippen LogP contribution >= 0.6 is 11.8 Å². The molecule has 0 spiro atoms. The largest absolute Gasteiger partial charge is 0.494 e. The number of rotatable bonds is 6. The minimum atomic E-state index is 0.0930. The van der Waals surface area contributed by atoms with Gasteiger partial charge in [0, 0.05) is 24.0 Å². The molecule has 4 rings (SSSR count). The number of ether oxygens (including phenoxy) is 1. The van der Waals surface area contributed by atoms with Gasteiger partial charge in [0.05, 0.1) is 25.3 Å². The van der Waals surface area contributed by atoms with Crippen LogP contribution < -0.4 is 4.74 Å². The van der Waals surface area contributed by atoms with Crippen LogP contribution in [0.1, 0.15) is 18.1 Å². The van der Waals surface area contributed by atoms with Gasteiger partial charge in [-0.1, -0.05) is 30.3 Å². The topological polar surface area (TPSA) is 58.0 Å². The molecule has 0 saturated carbocycles. The Morgan fingerprint density at radius 3 is 2.82 bits per heavy atom. The summed E-state index contributed by atoms with van der Waals surface area (Å²) in [6.07, 6.45) is 0. The summed E-state index contributed by atoms with van der Waals surface area (Å²) in [6, 6.07) is 18.4. The van der Waals surface area contributed by atoms with E-state index in [4.69, 9.17) is 14.7 Å². The first-order valence-electron chi connectivity index (χ1n) is 9.45. The maximum atomic E-state index is 9.50. The Hall–Kier alpha value is -2.57. The van der Waals surface area contributed by atoms with Crippen molar-refractivity contribution >= 4 is 27.8 Å². The van der Waals surface area contributed by atoms with Crippen molar-refractivity contribution in [2.75, 3.05) is 19.8 Å². The molecule has 0 unspecified atom stereocenters. The molecule has 0 fully saturated rings. The normalized spacial score (nSPS) is 15.1. The van der Waals surface area contributed by atoms with Gasteiger partial charge in [-0.05, 0) is 48.5 Å². The molecule has 1 aliphatic rings. The average molecular weight is 394 g/mol. The van der Waals surface area contributed by atoms with Crippen molar-refractivity contribution in [1.82, 2.24) is 9.88 Å². The van der Waals surface area contributed by atoms with E-state index in [0.29, 0.717) is 26.2 Å². The van der Waals surface area contributed by atoms with Gasteiger partial charge in [-0.3, -0.25) is 4.99 Å². The lowest BCUT2D eigenvalue weighted by Gasteiger charge is -2.30. The number of pyridine rings is 1. The summed E-state index contributed by atoms with van der Waals surface area (Å²) in [5, 5.41) is 12.5. The van der Waals surface area contributed by atoms with E-state index in [1.807, 2.05) is 43.3 Å². The minimum absolute atomic E-state index is 0.0930. The fourth-order valence-electron chi connectivity index (χ4n) is 3.23. The number of hydrogen-bond acceptors (Lipinski definition) is 5. The van der Waals surface area contributed by atoms with Crippen molar-refractivity contribution in [2.24, 2.45) is 4.99 Å². The lowest BCUT2D eigenvalue weighted by Crippen LogP contribution is -2.34. The first-order chi connectivity index (χ1) is 13.8. The highest BCUT2D eigenvalue weighted by atomic mass is 32.2. The predicted octanol–water partition coefficient (Wildman–Crippen LogP) is 4.09. The Bertz CT molecular complexity index is 992. The Kier molecular flexibility index (Phi) is 5.78. The second kappa shape index (κ2) is 8.63. The number of aromatic nitrogens is 1. The summed E-state index contributed by atoms with van der Waals surface area (Å²) in [5.74, 6) is 0.859. The molecule has 0 atom stereocenters. The number of fused-ring (bicyclic) bond motifs is 2. The number of aliphatic hydroxyl groups is 1. The molecule has 0 bridgehead atoms. The van der Waals surface area contributed by atoms with Crippen molar-refractivity contribution in [1.29, 1.82) is 0 Å². The van der Waals surface area contributed by atoms with E-state index < -0.39 is 0 Å². The first kappa shape index (κ1) is 18.8. The second-order valence-electron chi connectivity index (χ2n) is 6.57. The summed E-state index contributed by atoms with van der Waals surface area (Å²) in [5.41, 5.74) is 3.27. The van der Waals surface area contributed by atoms with E-state index in [-0.39, 0.29) is 6.61 Å². The molecular formula is C22H23N3O2S. The summed E-state index contributed by atoms with van der Waals surface area (Å²) in [4.78, 5) is 11.8. The van der Waals surface area contributed by atoms with Gasteiger partial charge in [0.15, 0.2) is 5.17 Å². The smallest absolute Gasteiger partial charge is 0.166 e.